The number of rotatable bonds is 10. The predicted octanol–water partition coefficient (Wildman–Crippen LogP) is -1.79. The van der Waals surface area contributed by atoms with E-state index in [1.807, 2.05) is 0 Å². The summed E-state index contributed by atoms with van der Waals surface area (Å²) >= 11 is 0. The van der Waals surface area contributed by atoms with Crippen LogP contribution in [0.15, 0.2) is 42.5 Å². The number of fused-ring (bicyclic) bond motifs is 4. The Bertz CT molecular complexity index is 3360. The standard InChI is InChI=1S/C48H42O33/c49-8-23-32(61)36(65)41(66)48(73,81-23)10-75-45(70)15-6-21(55)30(59)35(64)37(15)76-22-7-14-26(34(63)31(22)60)25-13(5-20(54)29(58)33(25)62)46(71)78-38-24(9-74-44(14)69)77-47(72)40(80-43(68)12-3-18(52)28(57)19(53)4-12)39(38)79-42(67)11-1-16(50)27(56)17(51)2-11/h1-7,23-24,32,36,38-41,47,49-66,72-73H,8-10H2/t23-,24-,32-,36-,38-,39+,40-,41+,47?,48?/m1/s1. The molecule has 2 saturated heterocycles. The van der Waals surface area contributed by atoms with Gasteiger partial charge in [-0.1, -0.05) is 0 Å². The smallest absolute Gasteiger partial charge is 0.342 e. The van der Waals surface area contributed by atoms with Gasteiger partial charge in [0.25, 0.3) is 0 Å². The molecule has 2 unspecified atom stereocenters. The van der Waals surface area contributed by atoms with Crippen LogP contribution in [-0.4, -0.2) is 213 Å². The number of esters is 5. The number of ether oxygens (including phenoxy) is 8. The Kier molecular flexibility index (Phi) is 15.1. The zero-order valence-electron chi connectivity index (χ0n) is 40.1. The largest absolute Gasteiger partial charge is 0.504 e. The summed E-state index contributed by atoms with van der Waals surface area (Å²) in [6.45, 7) is -3.88. The third-order valence-electron chi connectivity index (χ3n) is 12.6. The lowest BCUT2D eigenvalue weighted by atomic mass is 9.91. The molecule has 10 atom stereocenters. The molecule has 3 aliphatic heterocycles. The topological polar surface area (TPSA) is 564 Å². The monoisotopic (exact) mass is 1150 g/mol. The zero-order chi connectivity index (χ0) is 59.6. The Morgan fingerprint density at radius 1 is 0.568 bits per heavy atom. The summed E-state index contributed by atoms with van der Waals surface area (Å²) in [5.41, 5.74) is -7.69. The number of aromatic hydroxyl groups is 14. The van der Waals surface area contributed by atoms with Crippen molar-refractivity contribution in [3.63, 3.8) is 0 Å². The minimum Gasteiger partial charge on any atom is -0.504 e. The van der Waals surface area contributed by atoms with E-state index in [1.54, 1.807) is 0 Å². The molecule has 2 fully saturated rings. The van der Waals surface area contributed by atoms with Crippen LogP contribution >= 0.6 is 0 Å². The Balaban J connectivity index is 1.22. The van der Waals surface area contributed by atoms with Crippen molar-refractivity contribution in [1.82, 2.24) is 0 Å². The molecule has 0 spiro atoms. The molecule has 33 nitrogen and oxygen atoms in total. The lowest BCUT2D eigenvalue weighted by Crippen LogP contribution is -2.66. The number of aliphatic hydroxyl groups is 6. The fraction of sp³-hybridized carbons (Fsp3) is 0.271. The van der Waals surface area contributed by atoms with Crippen LogP contribution in [0.25, 0.3) is 11.1 Å². The van der Waals surface area contributed by atoms with Crippen LogP contribution in [0.2, 0.25) is 0 Å². The molecular formula is C48H42O33. The molecule has 3 heterocycles. The summed E-state index contributed by atoms with van der Waals surface area (Å²) in [6.07, 6.45) is -20.6. The van der Waals surface area contributed by atoms with Crippen molar-refractivity contribution >= 4 is 29.8 Å². The van der Waals surface area contributed by atoms with Crippen molar-refractivity contribution in [3.8, 4) is 103 Å². The number of hydrogen-bond donors (Lipinski definition) is 20. The van der Waals surface area contributed by atoms with Gasteiger partial charge >= 0.3 is 29.8 Å². The Labute approximate surface area is 447 Å². The first-order chi connectivity index (χ1) is 38.0. The van der Waals surface area contributed by atoms with Crippen LogP contribution < -0.4 is 4.74 Å². The number of carbonyl (C=O) groups is 5. The molecule has 0 bridgehead atoms. The molecule has 0 radical (unpaired) electrons. The molecule has 8 rings (SSSR count). The van der Waals surface area contributed by atoms with Gasteiger partial charge in [0.1, 0.15) is 49.3 Å². The summed E-state index contributed by atoms with van der Waals surface area (Å²) in [4.78, 5) is 70.0. The van der Waals surface area contributed by atoms with Crippen molar-refractivity contribution in [2.75, 3.05) is 19.8 Å². The third-order valence-corrected chi connectivity index (χ3v) is 12.6. The number of aliphatic hydroxyl groups excluding tert-OH is 5. The SMILES string of the molecule is O=C(O[C@H]1[C@@H]2OC(=O)c3cc(O)c(O)c(O)c3-c3c(cc(Oc4c(C(=O)OCC5(O)O[C@H](CO)[C@@H](O)[C@@H](O)[C@@H]5O)cc(O)c(O)c4O)c(O)c3O)C(=O)OC[C@H]2OC(O)[C@@H]1OC(=O)c1cc(O)c(O)c(O)c1)c1cc(O)c(O)c(O)c1. The lowest BCUT2D eigenvalue weighted by Gasteiger charge is -2.44. The van der Waals surface area contributed by atoms with Gasteiger partial charge in [0.15, 0.2) is 93.6 Å². The number of benzene rings is 5. The molecule has 0 amide bonds. The van der Waals surface area contributed by atoms with Gasteiger partial charge in [-0.3, -0.25) is 0 Å². The van der Waals surface area contributed by atoms with E-state index >= 15 is 0 Å². The first-order valence-electron chi connectivity index (χ1n) is 22.7. The van der Waals surface area contributed by atoms with Gasteiger partial charge in [-0.05, 0) is 30.3 Å². The number of hydrogen-bond acceptors (Lipinski definition) is 33. The highest BCUT2D eigenvalue weighted by atomic mass is 16.7. The first kappa shape index (κ1) is 57.3. The van der Waals surface area contributed by atoms with Crippen molar-refractivity contribution in [3.05, 3.63) is 70.3 Å². The van der Waals surface area contributed by atoms with E-state index in [1.165, 1.54) is 0 Å². The van der Waals surface area contributed by atoms with E-state index in [0.717, 1.165) is 0 Å². The molecule has 0 saturated carbocycles. The predicted molar refractivity (Wildman–Crippen MR) is 249 cm³/mol. The number of carbonyl (C=O) groups excluding carboxylic acids is 5. The fourth-order valence-corrected chi connectivity index (χ4v) is 8.44. The van der Waals surface area contributed by atoms with Gasteiger partial charge in [0.2, 0.25) is 28.8 Å². The normalized spacial score (nSPS) is 24.4. The van der Waals surface area contributed by atoms with Gasteiger partial charge in [0.05, 0.1) is 28.9 Å². The van der Waals surface area contributed by atoms with Gasteiger partial charge in [-0.2, -0.15) is 0 Å². The molecule has 432 valence electrons. The van der Waals surface area contributed by atoms with Gasteiger partial charge in [0, 0.05) is 23.3 Å². The molecule has 5 aromatic carbocycles. The van der Waals surface area contributed by atoms with Crippen molar-refractivity contribution in [1.29, 1.82) is 0 Å². The average molecular weight is 1150 g/mol. The highest BCUT2D eigenvalue weighted by molar-refractivity contribution is 6.08. The molecule has 81 heavy (non-hydrogen) atoms. The van der Waals surface area contributed by atoms with Gasteiger partial charge in [-0.15, -0.1) is 0 Å². The van der Waals surface area contributed by atoms with Crippen LogP contribution in [0, 0.1) is 0 Å². The quantitative estimate of drug-likeness (QED) is 0.0417. The zero-order valence-corrected chi connectivity index (χ0v) is 40.1. The Morgan fingerprint density at radius 2 is 1.06 bits per heavy atom. The molecule has 0 aromatic heterocycles. The summed E-state index contributed by atoms with van der Waals surface area (Å²) in [6, 6.07) is 3.18. The van der Waals surface area contributed by atoms with Crippen LogP contribution in [-0.2, 0) is 33.2 Å². The minimum atomic E-state index is -3.10. The van der Waals surface area contributed by atoms with Crippen LogP contribution in [0.1, 0.15) is 51.8 Å². The van der Waals surface area contributed by atoms with E-state index in [0.29, 0.717) is 42.5 Å². The van der Waals surface area contributed by atoms with Crippen molar-refractivity contribution < 1.29 is 164 Å². The second-order valence-corrected chi connectivity index (χ2v) is 17.8. The molecule has 0 aliphatic carbocycles. The van der Waals surface area contributed by atoms with E-state index in [2.05, 4.69) is 0 Å². The molecule has 3 aliphatic rings. The molecular weight excluding hydrogens is 1100 g/mol. The average Bonchev–Trinajstić information content (AvgIpc) is 3.71. The van der Waals surface area contributed by atoms with Crippen LogP contribution in [0.5, 0.6) is 92.0 Å². The number of phenols is 14. The second kappa shape index (κ2) is 21.4. The summed E-state index contributed by atoms with van der Waals surface area (Å²) < 4.78 is 42.9. The maximum Gasteiger partial charge on any atom is 0.342 e. The van der Waals surface area contributed by atoms with E-state index in [9.17, 15) is 126 Å². The maximum absolute atomic E-state index is 14.6. The molecule has 5 aromatic rings. The highest BCUT2D eigenvalue weighted by Gasteiger charge is 2.55. The Hall–Kier alpha value is -9.87. The van der Waals surface area contributed by atoms with Gasteiger partial charge in [-0.25, -0.2) is 24.0 Å². The summed E-state index contributed by atoms with van der Waals surface area (Å²) in [5, 5.41) is 211. The fourth-order valence-electron chi connectivity index (χ4n) is 8.44. The number of phenolic OH excluding ortho intramolecular Hbond substituents is 14. The summed E-state index contributed by atoms with van der Waals surface area (Å²) in [7, 11) is 0. The van der Waals surface area contributed by atoms with Crippen molar-refractivity contribution in [2.45, 2.75) is 60.9 Å². The van der Waals surface area contributed by atoms with Crippen molar-refractivity contribution in [2.24, 2.45) is 0 Å². The number of cyclic esters (lactones) is 1. The van der Waals surface area contributed by atoms with Crippen LogP contribution in [0.4, 0.5) is 0 Å². The highest BCUT2D eigenvalue weighted by Crippen LogP contribution is 2.55. The third kappa shape index (κ3) is 10.3. The second-order valence-electron chi connectivity index (χ2n) is 17.8. The van der Waals surface area contributed by atoms with E-state index < -0.39 is 242 Å². The Morgan fingerprint density at radius 3 is 1.62 bits per heavy atom. The van der Waals surface area contributed by atoms with Gasteiger partial charge < -0.3 is 140 Å². The van der Waals surface area contributed by atoms with E-state index in [4.69, 9.17) is 37.9 Å². The first-order valence-corrected chi connectivity index (χ1v) is 22.7. The van der Waals surface area contributed by atoms with Crippen LogP contribution in [0.3, 0.4) is 0 Å². The molecule has 20 N–H and O–H groups in total. The maximum atomic E-state index is 14.6. The molecule has 33 heteroatoms. The minimum absolute atomic E-state index is 0.328. The lowest BCUT2D eigenvalue weighted by molar-refractivity contribution is -0.357. The van der Waals surface area contributed by atoms with E-state index in [-0.39, 0.29) is 0 Å². The summed E-state index contributed by atoms with van der Waals surface area (Å²) in [5.74, 6) is -33.3.